The first kappa shape index (κ1) is 17.2. The number of unbranched alkanes of at least 4 members (excludes halogenated alkanes) is 1. The summed E-state index contributed by atoms with van der Waals surface area (Å²) >= 11 is 0. The molecule has 21 heavy (non-hydrogen) atoms. The van der Waals surface area contributed by atoms with Gasteiger partial charge in [-0.3, -0.25) is 9.59 Å². The molecule has 0 atom stereocenters. The van der Waals surface area contributed by atoms with Crippen LogP contribution in [0.1, 0.15) is 49.9 Å². The van der Waals surface area contributed by atoms with Crippen LogP contribution in [0.25, 0.3) is 0 Å². The molecule has 0 bridgehead atoms. The van der Waals surface area contributed by atoms with E-state index >= 15 is 0 Å². The highest BCUT2D eigenvalue weighted by Crippen LogP contribution is 2.16. The van der Waals surface area contributed by atoms with Crippen LogP contribution in [0.3, 0.4) is 0 Å². The SMILES string of the molecule is CCN(CC)c1ccc(C(=O)CCCCC(=O)OC)cc1. The number of Topliss-reactive ketones (excluding diaryl/α,β-unsaturated/α-hetero) is 1. The van der Waals surface area contributed by atoms with Gasteiger partial charge in [0.15, 0.2) is 5.78 Å². The Morgan fingerprint density at radius 2 is 1.57 bits per heavy atom. The molecule has 0 amide bonds. The molecule has 4 nitrogen and oxygen atoms in total. The van der Waals surface area contributed by atoms with Crippen molar-refractivity contribution in [2.24, 2.45) is 0 Å². The number of benzene rings is 1. The second-order valence-electron chi connectivity index (χ2n) is 4.93. The average Bonchev–Trinajstić information content (AvgIpc) is 2.52. The standard InChI is InChI=1S/C17H25NO3/c1-4-18(5-2)15-12-10-14(11-13-15)16(19)8-6-7-9-17(20)21-3/h10-13H,4-9H2,1-3H3. The third-order valence-corrected chi connectivity index (χ3v) is 3.58. The Bertz CT molecular complexity index is 450. The number of ketones is 1. The van der Waals surface area contributed by atoms with Crippen molar-refractivity contribution in [3.8, 4) is 0 Å². The minimum Gasteiger partial charge on any atom is -0.469 e. The first-order chi connectivity index (χ1) is 10.1. The number of anilines is 1. The Kier molecular flexibility index (Phi) is 7.51. The van der Waals surface area contributed by atoms with Crippen molar-refractivity contribution in [3.05, 3.63) is 29.8 Å². The smallest absolute Gasteiger partial charge is 0.305 e. The molecule has 0 spiro atoms. The summed E-state index contributed by atoms with van der Waals surface area (Å²) in [4.78, 5) is 25.3. The van der Waals surface area contributed by atoms with Crippen LogP contribution in [-0.2, 0) is 9.53 Å². The Labute approximate surface area is 127 Å². The highest BCUT2D eigenvalue weighted by Gasteiger charge is 2.08. The molecule has 1 rings (SSSR count). The number of rotatable bonds is 9. The lowest BCUT2D eigenvalue weighted by molar-refractivity contribution is -0.140. The van der Waals surface area contributed by atoms with Crippen LogP contribution >= 0.6 is 0 Å². The largest absolute Gasteiger partial charge is 0.469 e. The normalized spacial score (nSPS) is 10.2. The van der Waals surface area contributed by atoms with Gasteiger partial charge in [0, 0.05) is 37.2 Å². The molecule has 0 N–H and O–H groups in total. The minimum absolute atomic E-state index is 0.131. The number of methoxy groups -OCH3 is 1. The van der Waals surface area contributed by atoms with Gasteiger partial charge in [-0.05, 0) is 51.0 Å². The van der Waals surface area contributed by atoms with Gasteiger partial charge in [-0.1, -0.05) is 0 Å². The fourth-order valence-corrected chi connectivity index (χ4v) is 2.25. The van der Waals surface area contributed by atoms with E-state index in [1.165, 1.54) is 7.11 Å². The number of carbonyl (C=O) groups excluding carboxylic acids is 2. The zero-order valence-electron chi connectivity index (χ0n) is 13.2. The molecule has 0 saturated heterocycles. The van der Waals surface area contributed by atoms with Crippen LogP contribution in [0.4, 0.5) is 5.69 Å². The molecular formula is C17H25NO3. The fourth-order valence-electron chi connectivity index (χ4n) is 2.25. The maximum absolute atomic E-state index is 12.0. The van der Waals surface area contributed by atoms with E-state index in [9.17, 15) is 9.59 Å². The van der Waals surface area contributed by atoms with Gasteiger partial charge in [0.1, 0.15) is 0 Å². The molecule has 0 fully saturated rings. The Morgan fingerprint density at radius 1 is 1.00 bits per heavy atom. The molecule has 0 radical (unpaired) electrons. The third kappa shape index (κ3) is 5.58. The van der Waals surface area contributed by atoms with Crippen molar-refractivity contribution < 1.29 is 14.3 Å². The van der Waals surface area contributed by atoms with E-state index in [0.29, 0.717) is 25.7 Å². The van der Waals surface area contributed by atoms with E-state index in [0.717, 1.165) is 24.3 Å². The predicted octanol–water partition coefficient (Wildman–Crippen LogP) is 3.45. The second-order valence-corrected chi connectivity index (χ2v) is 4.93. The van der Waals surface area contributed by atoms with Gasteiger partial charge >= 0.3 is 5.97 Å². The van der Waals surface area contributed by atoms with Crippen LogP contribution in [0.2, 0.25) is 0 Å². The molecule has 0 saturated carbocycles. The van der Waals surface area contributed by atoms with Gasteiger partial charge in [0.25, 0.3) is 0 Å². The maximum atomic E-state index is 12.0. The van der Waals surface area contributed by atoms with E-state index < -0.39 is 0 Å². The van der Waals surface area contributed by atoms with Crippen molar-refractivity contribution in [2.75, 3.05) is 25.1 Å². The van der Waals surface area contributed by atoms with Crippen LogP contribution in [-0.4, -0.2) is 32.0 Å². The van der Waals surface area contributed by atoms with Crippen molar-refractivity contribution in [1.82, 2.24) is 0 Å². The molecule has 0 unspecified atom stereocenters. The number of hydrogen-bond donors (Lipinski definition) is 0. The summed E-state index contributed by atoms with van der Waals surface area (Å²) in [6.45, 7) is 6.14. The van der Waals surface area contributed by atoms with Crippen LogP contribution < -0.4 is 4.90 Å². The van der Waals surface area contributed by atoms with Gasteiger partial charge in [0.2, 0.25) is 0 Å². The number of ether oxygens (including phenoxy) is 1. The Morgan fingerprint density at radius 3 is 2.10 bits per heavy atom. The van der Waals surface area contributed by atoms with Crippen molar-refractivity contribution >= 4 is 17.4 Å². The number of carbonyl (C=O) groups is 2. The Hall–Kier alpha value is -1.84. The molecule has 0 aliphatic rings. The fraction of sp³-hybridized carbons (Fsp3) is 0.529. The molecule has 4 heteroatoms. The van der Waals surface area contributed by atoms with Gasteiger partial charge in [0.05, 0.1) is 7.11 Å². The molecule has 0 aliphatic carbocycles. The van der Waals surface area contributed by atoms with E-state index in [1.54, 1.807) is 0 Å². The van der Waals surface area contributed by atoms with E-state index in [2.05, 4.69) is 23.5 Å². The number of hydrogen-bond acceptors (Lipinski definition) is 4. The van der Waals surface area contributed by atoms with Gasteiger partial charge in [-0.25, -0.2) is 0 Å². The first-order valence-electron chi connectivity index (χ1n) is 7.57. The zero-order chi connectivity index (χ0) is 15.7. The maximum Gasteiger partial charge on any atom is 0.305 e. The Balaban J connectivity index is 2.46. The summed E-state index contributed by atoms with van der Waals surface area (Å²) in [6.07, 6.45) is 2.26. The third-order valence-electron chi connectivity index (χ3n) is 3.58. The van der Waals surface area contributed by atoms with E-state index in [-0.39, 0.29) is 11.8 Å². The van der Waals surface area contributed by atoms with Crippen LogP contribution in [0.15, 0.2) is 24.3 Å². The highest BCUT2D eigenvalue weighted by atomic mass is 16.5. The molecular weight excluding hydrogens is 266 g/mol. The average molecular weight is 291 g/mol. The molecule has 1 aromatic rings. The van der Waals surface area contributed by atoms with Crippen LogP contribution in [0, 0.1) is 0 Å². The summed E-state index contributed by atoms with van der Waals surface area (Å²) < 4.78 is 4.57. The monoisotopic (exact) mass is 291 g/mol. The number of nitrogens with zero attached hydrogens (tertiary/aromatic N) is 1. The van der Waals surface area contributed by atoms with Crippen LogP contribution in [0.5, 0.6) is 0 Å². The lowest BCUT2D eigenvalue weighted by atomic mass is 10.0. The van der Waals surface area contributed by atoms with E-state index in [1.807, 2.05) is 24.3 Å². The second kappa shape index (κ2) is 9.16. The summed E-state index contributed by atoms with van der Waals surface area (Å²) in [5.74, 6) is -0.0861. The van der Waals surface area contributed by atoms with Gasteiger partial charge in [-0.2, -0.15) is 0 Å². The first-order valence-corrected chi connectivity index (χ1v) is 7.57. The highest BCUT2D eigenvalue weighted by molar-refractivity contribution is 5.96. The van der Waals surface area contributed by atoms with Gasteiger partial charge < -0.3 is 9.64 Å². The van der Waals surface area contributed by atoms with E-state index in [4.69, 9.17) is 0 Å². The molecule has 0 heterocycles. The zero-order valence-corrected chi connectivity index (χ0v) is 13.2. The summed E-state index contributed by atoms with van der Waals surface area (Å²) in [5, 5.41) is 0. The lowest BCUT2D eigenvalue weighted by Gasteiger charge is -2.21. The molecule has 1 aromatic carbocycles. The topological polar surface area (TPSA) is 46.6 Å². The molecule has 116 valence electrons. The van der Waals surface area contributed by atoms with Crippen molar-refractivity contribution in [2.45, 2.75) is 39.5 Å². The molecule has 0 aliphatic heterocycles. The number of esters is 1. The van der Waals surface area contributed by atoms with Gasteiger partial charge in [-0.15, -0.1) is 0 Å². The molecule has 0 aromatic heterocycles. The summed E-state index contributed by atoms with van der Waals surface area (Å²) in [7, 11) is 1.38. The summed E-state index contributed by atoms with van der Waals surface area (Å²) in [5.41, 5.74) is 1.88. The minimum atomic E-state index is -0.217. The van der Waals surface area contributed by atoms with Crippen molar-refractivity contribution in [1.29, 1.82) is 0 Å². The summed E-state index contributed by atoms with van der Waals surface area (Å²) in [6, 6.07) is 7.76. The quantitative estimate of drug-likeness (QED) is 0.397. The van der Waals surface area contributed by atoms with Crippen molar-refractivity contribution in [3.63, 3.8) is 0 Å². The predicted molar refractivity (Wildman–Crippen MR) is 84.8 cm³/mol. The lowest BCUT2D eigenvalue weighted by Crippen LogP contribution is -2.21.